The molecule has 0 aliphatic rings. The van der Waals surface area contributed by atoms with Crippen LogP contribution in [0.3, 0.4) is 0 Å². The van der Waals surface area contributed by atoms with E-state index in [1.54, 1.807) is 57.0 Å². The van der Waals surface area contributed by atoms with E-state index in [0.717, 1.165) is 5.56 Å². The van der Waals surface area contributed by atoms with Crippen molar-refractivity contribution >= 4 is 6.03 Å². The lowest BCUT2D eigenvalue weighted by Crippen LogP contribution is -2.44. The summed E-state index contributed by atoms with van der Waals surface area (Å²) in [4.78, 5) is 12.1. The molecule has 0 unspecified atom stereocenters. The molecule has 7 heteroatoms. The fourth-order valence-electron chi connectivity index (χ4n) is 2.61. The third-order valence-electron chi connectivity index (χ3n) is 4.23. The normalized spacial score (nSPS) is 14.7. The van der Waals surface area contributed by atoms with Crippen molar-refractivity contribution in [3.63, 3.8) is 0 Å². The van der Waals surface area contributed by atoms with Crippen LogP contribution >= 0.6 is 0 Å². The highest BCUT2D eigenvalue weighted by molar-refractivity contribution is 5.74. The summed E-state index contributed by atoms with van der Waals surface area (Å²) < 4.78 is 15.3. The lowest BCUT2D eigenvalue weighted by atomic mass is 10.00. The van der Waals surface area contributed by atoms with E-state index in [1.165, 1.54) is 0 Å². The van der Waals surface area contributed by atoms with Gasteiger partial charge in [0.2, 0.25) is 0 Å². The second kappa shape index (κ2) is 7.23. The number of hydrogen-bond donors (Lipinski definition) is 3. The van der Waals surface area contributed by atoms with Crippen molar-refractivity contribution in [1.82, 2.24) is 20.4 Å². The molecule has 3 N–H and O–H groups in total. The maximum absolute atomic E-state index is 13.7. The first-order valence-electron chi connectivity index (χ1n) is 8.12. The number of rotatable bonds is 5. The Labute approximate surface area is 147 Å². The summed E-state index contributed by atoms with van der Waals surface area (Å²) in [5.41, 5.74) is 1.31. The maximum Gasteiger partial charge on any atom is 0.315 e. The van der Waals surface area contributed by atoms with Crippen LogP contribution in [0, 0.1) is 19.7 Å². The van der Waals surface area contributed by atoms with Crippen LogP contribution < -0.4 is 10.6 Å². The van der Waals surface area contributed by atoms with Crippen molar-refractivity contribution in [2.75, 3.05) is 6.54 Å². The zero-order valence-corrected chi connectivity index (χ0v) is 15.2. The molecule has 0 bridgehead atoms. The zero-order chi connectivity index (χ0) is 18.8. The number of benzene rings is 1. The largest absolute Gasteiger partial charge is 0.383 e. The zero-order valence-electron chi connectivity index (χ0n) is 15.2. The molecule has 6 nitrogen and oxygen atoms in total. The Kier molecular flexibility index (Phi) is 5.47. The Morgan fingerprint density at radius 3 is 2.52 bits per heavy atom. The number of nitrogens with zero attached hydrogens (tertiary/aromatic N) is 2. The number of nitrogens with one attached hydrogen (secondary N) is 2. The van der Waals surface area contributed by atoms with E-state index in [-0.39, 0.29) is 18.4 Å². The summed E-state index contributed by atoms with van der Waals surface area (Å²) in [5, 5.41) is 19.9. The van der Waals surface area contributed by atoms with Gasteiger partial charge in [-0.05, 0) is 44.4 Å². The van der Waals surface area contributed by atoms with E-state index >= 15 is 0 Å². The fraction of sp³-hybridized carbons (Fsp3) is 0.444. The molecule has 136 valence electrons. The molecule has 1 aromatic heterocycles. The van der Waals surface area contributed by atoms with Crippen LogP contribution in [-0.2, 0) is 12.6 Å². The predicted molar refractivity (Wildman–Crippen MR) is 93.6 cm³/mol. The Balaban J connectivity index is 1.96. The lowest BCUT2D eigenvalue weighted by Gasteiger charge is -2.23. The van der Waals surface area contributed by atoms with Gasteiger partial charge in [-0.25, -0.2) is 9.18 Å². The summed E-state index contributed by atoms with van der Waals surface area (Å²) >= 11 is 0. The minimum atomic E-state index is -1.22. The summed E-state index contributed by atoms with van der Waals surface area (Å²) in [6.07, 6.45) is 3.26. The van der Waals surface area contributed by atoms with Gasteiger partial charge in [0.25, 0.3) is 0 Å². The average molecular weight is 348 g/mol. The second-order valence-electron chi connectivity index (χ2n) is 6.69. The highest BCUT2D eigenvalue weighted by Crippen LogP contribution is 2.21. The van der Waals surface area contributed by atoms with E-state index in [4.69, 9.17) is 0 Å². The van der Waals surface area contributed by atoms with E-state index < -0.39 is 11.6 Å². The van der Waals surface area contributed by atoms with E-state index in [1.807, 2.05) is 6.92 Å². The third-order valence-corrected chi connectivity index (χ3v) is 4.23. The van der Waals surface area contributed by atoms with Crippen LogP contribution in [0.15, 0.2) is 24.5 Å². The number of urea groups is 1. The second-order valence-corrected chi connectivity index (χ2v) is 6.69. The summed E-state index contributed by atoms with van der Waals surface area (Å²) in [5.74, 6) is -0.229. The molecule has 0 spiro atoms. The SMILES string of the molecule is Cc1cc([C@@H](C)NC(=O)NC[C@@](C)(O)c2cnn(C)c2)cc(C)c1F. The van der Waals surface area contributed by atoms with Crippen LogP contribution in [-0.4, -0.2) is 27.5 Å². The monoisotopic (exact) mass is 348 g/mol. The first-order chi connectivity index (χ1) is 11.6. The van der Waals surface area contributed by atoms with E-state index in [2.05, 4.69) is 15.7 Å². The maximum atomic E-state index is 13.7. The minimum Gasteiger partial charge on any atom is -0.383 e. The topological polar surface area (TPSA) is 79.2 Å². The van der Waals surface area contributed by atoms with Gasteiger partial charge in [-0.2, -0.15) is 5.10 Å². The van der Waals surface area contributed by atoms with Crippen LogP contribution in [0.25, 0.3) is 0 Å². The molecule has 1 heterocycles. The number of carbonyl (C=O) groups is 1. The van der Waals surface area contributed by atoms with E-state index in [0.29, 0.717) is 16.7 Å². The summed E-state index contributed by atoms with van der Waals surface area (Å²) in [6, 6.07) is 2.75. The van der Waals surface area contributed by atoms with Gasteiger partial charge in [0.15, 0.2) is 0 Å². The average Bonchev–Trinajstić information content (AvgIpc) is 2.97. The standard InChI is InChI=1S/C18H25FN4O2/c1-11-6-14(7-12(2)16(11)19)13(3)22-17(24)20-10-18(4,25)15-8-21-23(5)9-15/h6-9,13,25H,10H2,1-5H3,(H2,20,22,24)/t13-,18-/m1/s1. The summed E-state index contributed by atoms with van der Waals surface area (Å²) in [7, 11) is 1.76. The van der Waals surface area contributed by atoms with Gasteiger partial charge in [0.1, 0.15) is 11.4 Å². The molecule has 0 fully saturated rings. The molecule has 0 saturated carbocycles. The molecule has 0 saturated heterocycles. The fourth-order valence-corrected chi connectivity index (χ4v) is 2.61. The highest BCUT2D eigenvalue weighted by Gasteiger charge is 2.25. The molecule has 25 heavy (non-hydrogen) atoms. The molecule has 2 rings (SSSR count). The molecule has 0 radical (unpaired) electrons. The molecule has 0 aliphatic heterocycles. The van der Waals surface area contributed by atoms with Gasteiger partial charge in [-0.15, -0.1) is 0 Å². The summed E-state index contributed by atoms with van der Waals surface area (Å²) in [6.45, 7) is 6.87. The van der Waals surface area contributed by atoms with Crippen molar-refractivity contribution in [3.05, 3.63) is 52.6 Å². The smallest absolute Gasteiger partial charge is 0.315 e. The lowest BCUT2D eigenvalue weighted by molar-refractivity contribution is 0.0592. The molecule has 2 atom stereocenters. The predicted octanol–water partition coefficient (Wildman–Crippen LogP) is 2.44. The number of hydrogen-bond acceptors (Lipinski definition) is 3. The first-order valence-corrected chi connectivity index (χ1v) is 8.12. The van der Waals surface area contributed by atoms with Crippen molar-refractivity contribution in [3.8, 4) is 0 Å². The molecule has 0 aliphatic carbocycles. The number of aliphatic hydroxyl groups is 1. The Bertz CT molecular complexity index is 747. The van der Waals surface area contributed by atoms with Crippen molar-refractivity contribution < 1.29 is 14.3 Å². The molecule has 2 amide bonds. The Morgan fingerprint density at radius 1 is 1.40 bits per heavy atom. The number of halogens is 1. The molecule has 2 aromatic rings. The van der Waals surface area contributed by atoms with Gasteiger partial charge >= 0.3 is 6.03 Å². The van der Waals surface area contributed by atoms with Gasteiger partial charge in [0, 0.05) is 18.8 Å². The van der Waals surface area contributed by atoms with Gasteiger partial charge in [-0.1, -0.05) is 12.1 Å². The van der Waals surface area contributed by atoms with Crippen LogP contribution in [0.2, 0.25) is 0 Å². The van der Waals surface area contributed by atoms with Crippen LogP contribution in [0.1, 0.15) is 42.1 Å². The van der Waals surface area contributed by atoms with Crippen LogP contribution in [0.4, 0.5) is 9.18 Å². The number of aromatic nitrogens is 2. The first kappa shape index (κ1) is 18.9. The number of aryl methyl sites for hydroxylation is 3. The van der Waals surface area contributed by atoms with Crippen LogP contribution in [0.5, 0.6) is 0 Å². The molecular weight excluding hydrogens is 323 g/mol. The molecular formula is C18H25FN4O2. The van der Waals surface area contributed by atoms with Gasteiger partial charge < -0.3 is 15.7 Å². The Hall–Kier alpha value is -2.41. The van der Waals surface area contributed by atoms with Crippen molar-refractivity contribution in [2.24, 2.45) is 7.05 Å². The van der Waals surface area contributed by atoms with Crippen molar-refractivity contribution in [1.29, 1.82) is 0 Å². The van der Waals surface area contributed by atoms with Gasteiger partial charge in [-0.3, -0.25) is 4.68 Å². The third kappa shape index (κ3) is 4.57. The number of amides is 2. The highest BCUT2D eigenvalue weighted by atomic mass is 19.1. The quantitative estimate of drug-likeness (QED) is 0.776. The minimum absolute atomic E-state index is 0.0404. The molecule has 1 aromatic carbocycles. The Morgan fingerprint density at radius 2 is 2.00 bits per heavy atom. The number of carbonyl (C=O) groups excluding carboxylic acids is 1. The van der Waals surface area contributed by atoms with E-state index in [9.17, 15) is 14.3 Å². The van der Waals surface area contributed by atoms with Gasteiger partial charge in [0.05, 0.1) is 18.8 Å². The van der Waals surface area contributed by atoms with Crippen molar-refractivity contribution in [2.45, 2.75) is 39.3 Å².